The third-order valence-electron chi connectivity index (χ3n) is 5.45. The summed E-state index contributed by atoms with van der Waals surface area (Å²) in [6, 6.07) is 5.37. The number of aromatic nitrogens is 2. The number of nitrogens with zero attached hydrogens (tertiary/aromatic N) is 3. The maximum absolute atomic E-state index is 13.0. The summed E-state index contributed by atoms with van der Waals surface area (Å²) in [7, 11) is 3.36. The van der Waals surface area contributed by atoms with Crippen molar-refractivity contribution < 1.29 is 19.1 Å². The minimum absolute atomic E-state index is 0.0379. The van der Waals surface area contributed by atoms with Gasteiger partial charge in [0.25, 0.3) is 11.8 Å². The van der Waals surface area contributed by atoms with E-state index in [0.29, 0.717) is 61.1 Å². The third-order valence-corrected chi connectivity index (χ3v) is 5.45. The van der Waals surface area contributed by atoms with E-state index < -0.39 is 0 Å². The predicted octanol–water partition coefficient (Wildman–Crippen LogP) is 2.89. The molecule has 0 bridgehead atoms. The molecule has 1 aliphatic heterocycles. The Morgan fingerprint density at radius 3 is 2.55 bits per heavy atom. The number of hydrogen-bond acceptors (Lipinski definition) is 5. The number of rotatable bonds is 8. The van der Waals surface area contributed by atoms with Crippen molar-refractivity contribution in [3.8, 4) is 11.5 Å². The Morgan fingerprint density at radius 2 is 1.94 bits per heavy atom. The Kier molecular flexibility index (Phi) is 7.55. The average Bonchev–Trinajstić information content (AvgIpc) is 3.20. The van der Waals surface area contributed by atoms with E-state index in [-0.39, 0.29) is 17.9 Å². The van der Waals surface area contributed by atoms with E-state index in [0.717, 1.165) is 6.42 Å². The van der Waals surface area contributed by atoms with Crippen molar-refractivity contribution in [2.45, 2.75) is 39.2 Å². The zero-order valence-corrected chi connectivity index (χ0v) is 18.8. The lowest BCUT2D eigenvalue weighted by atomic mass is 10.0. The molecule has 1 aliphatic rings. The highest BCUT2D eigenvalue weighted by Crippen LogP contribution is 2.29. The summed E-state index contributed by atoms with van der Waals surface area (Å²) < 4.78 is 12.8. The van der Waals surface area contributed by atoms with Gasteiger partial charge in [-0.15, -0.1) is 0 Å². The SMILES string of the molecule is COc1cc(C(=O)N2CCC(NC(=O)c3cnn(C)c3)CC2)ccc1OCCC(C)C. The lowest BCUT2D eigenvalue weighted by molar-refractivity contribution is 0.0697. The molecule has 2 aromatic rings. The molecule has 8 heteroatoms. The fourth-order valence-electron chi connectivity index (χ4n) is 3.54. The minimum atomic E-state index is -0.129. The molecule has 2 amide bonds. The van der Waals surface area contributed by atoms with E-state index in [4.69, 9.17) is 9.47 Å². The molecule has 2 heterocycles. The molecule has 0 spiro atoms. The molecule has 8 nitrogen and oxygen atoms in total. The lowest BCUT2D eigenvalue weighted by Gasteiger charge is -2.32. The van der Waals surface area contributed by atoms with Crippen LogP contribution in [0.5, 0.6) is 11.5 Å². The molecule has 3 rings (SSSR count). The normalized spacial score (nSPS) is 14.5. The molecule has 0 saturated carbocycles. The van der Waals surface area contributed by atoms with Gasteiger partial charge in [-0.3, -0.25) is 14.3 Å². The molecule has 31 heavy (non-hydrogen) atoms. The highest BCUT2D eigenvalue weighted by molar-refractivity contribution is 5.95. The van der Waals surface area contributed by atoms with Crippen molar-refractivity contribution in [1.82, 2.24) is 20.0 Å². The van der Waals surface area contributed by atoms with Crippen LogP contribution in [-0.4, -0.2) is 59.3 Å². The molecule has 0 aliphatic carbocycles. The molecule has 0 unspecified atom stereocenters. The van der Waals surface area contributed by atoms with Crippen molar-refractivity contribution in [2.24, 2.45) is 13.0 Å². The van der Waals surface area contributed by atoms with E-state index >= 15 is 0 Å². The number of benzene rings is 1. The number of ether oxygens (including phenoxy) is 2. The van der Waals surface area contributed by atoms with Crippen LogP contribution >= 0.6 is 0 Å². The second-order valence-corrected chi connectivity index (χ2v) is 8.34. The second-order valence-electron chi connectivity index (χ2n) is 8.34. The van der Waals surface area contributed by atoms with E-state index in [2.05, 4.69) is 24.3 Å². The van der Waals surface area contributed by atoms with Crippen molar-refractivity contribution >= 4 is 11.8 Å². The largest absolute Gasteiger partial charge is 0.493 e. The van der Waals surface area contributed by atoms with Crippen LogP contribution in [0.4, 0.5) is 0 Å². The van der Waals surface area contributed by atoms with Crippen LogP contribution in [0.2, 0.25) is 0 Å². The van der Waals surface area contributed by atoms with Crippen LogP contribution in [0, 0.1) is 5.92 Å². The van der Waals surface area contributed by atoms with Gasteiger partial charge in [0.1, 0.15) is 0 Å². The minimum Gasteiger partial charge on any atom is -0.493 e. The van der Waals surface area contributed by atoms with Gasteiger partial charge in [-0.1, -0.05) is 13.8 Å². The fraction of sp³-hybridized carbons (Fsp3) is 0.522. The van der Waals surface area contributed by atoms with Gasteiger partial charge in [0.05, 0.1) is 25.5 Å². The number of hydrogen-bond donors (Lipinski definition) is 1. The van der Waals surface area contributed by atoms with Crippen LogP contribution in [0.1, 0.15) is 53.8 Å². The van der Waals surface area contributed by atoms with Crippen molar-refractivity contribution in [3.63, 3.8) is 0 Å². The predicted molar refractivity (Wildman–Crippen MR) is 118 cm³/mol. The van der Waals surface area contributed by atoms with Gasteiger partial charge in [0.15, 0.2) is 11.5 Å². The Hall–Kier alpha value is -3.03. The summed E-state index contributed by atoms with van der Waals surface area (Å²) in [6.45, 7) is 6.09. The Morgan fingerprint density at radius 1 is 1.19 bits per heavy atom. The summed E-state index contributed by atoms with van der Waals surface area (Å²) in [5.74, 6) is 1.60. The topological polar surface area (TPSA) is 85.7 Å². The third kappa shape index (κ3) is 5.99. The average molecular weight is 429 g/mol. The van der Waals surface area contributed by atoms with E-state index in [1.165, 1.54) is 0 Å². The van der Waals surface area contributed by atoms with Gasteiger partial charge in [0, 0.05) is 37.9 Å². The van der Waals surface area contributed by atoms with Crippen LogP contribution in [0.15, 0.2) is 30.6 Å². The first-order chi connectivity index (χ1) is 14.9. The zero-order chi connectivity index (χ0) is 22.4. The molecule has 1 aromatic carbocycles. The van der Waals surface area contributed by atoms with Crippen LogP contribution < -0.4 is 14.8 Å². The van der Waals surface area contributed by atoms with Crippen molar-refractivity contribution in [3.05, 3.63) is 41.7 Å². The summed E-state index contributed by atoms with van der Waals surface area (Å²) >= 11 is 0. The highest BCUT2D eigenvalue weighted by Gasteiger charge is 2.25. The highest BCUT2D eigenvalue weighted by atomic mass is 16.5. The quantitative estimate of drug-likeness (QED) is 0.699. The van der Waals surface area contributed by atoms with Crippen LogP contribution in [0.3, 0.4) is 0 Å². The molecule has 1 aromatic heterocycles. The molecule has 168 valence electrons. The number of likely N-dealkylation sites (tertiary alicyclic amines) is 1. The number of piperidine rings is 1. The molecule has 0 radical (unpaired) electrons. The second kappa shape index (κ2) is 10.3. The van der Waals surface area contributed by atoms with Gasteiger partial charge in [-0.25, -0.2) is 0 Å². The van der Waals surface area contributed by atoms with Gasteiger partial charge < -0.3 is 19.7 Å². The van der Waals surface area contributed by atoms with E-state index in [9.17, 15) is 9.59 Å². The lowest BCUT2D eigenvalue weighted by Crippen LogP contribution is -2.46. The monoisotopic (exact) mass is 428 g/mol. The maximum Gasteiger partial charge on any atom is 0.254 e. The van der Waals surface area contributed by atoms with Crippen molar-refractivity contribution in [2.75, 3.05) is 26.8 Å². The number of carbonyl (C=O) groups is 2. The van der Waals surface area contributed by atoms with Crippen LogP contribution in [0.25, 0.3) is 0 Å². The number of methoxy groups -OCH3 is 1. The smallest absolute Gasteiger partial charge is 0.254 e. The van der Waals surface area contributed by atoms with Gasteiger partial charge in [-0.2, -0.15) is 5.10 Å². The molecular weight excluding hydrogens is 396 g/mol. The standard InChI is InChI=1S/C23H32N4O4/c1-16(2)9-12-31-20-6-5-17(13-21(20)30-4)23(29)27-10-7-19(8-11-27)25-22(28)18-14-24-26(3)15-18/h5-6,13-16,19H,7-12H2,1-4H3,(H,25,28). The Bertz CT molecular complexity index is 901. The van der Waals surface area contributed by atoms with E-state index in [1.807, 2.05) is 4.90 Å². The number of amides is 2. The number of carbonyl (C=O) groups excluding carboxylic acids is 2. The molecule has 1 fully saturated rings. The first kappa shape index (κ1) is 22.7. The Balaban J connectivity index is 1.54. The first-order valence-electron chi connectivity index (χ1n) is 10.8. The zero-order valence-electron chi connectivity index (χ0n) is 18.8. The van der Waals surface area contributed by atoms with Crippen molar-refractivity contribution in [1.29, 1.82) is 0 Å². The summed E-state index contributed by atoms with van der Waals surface area (Å²) in [4.78, 5) is 27.1. The summed E-state index contributed by atoms with van der Waals surface area (Å²) in [6.07, 6.45) is 5.63. The number of aryl methyl sites for hydroxylation is 1. The van der Waals surface area contributed by atoms with Gasteiger partial charge in [-0.05, 0) is 43.4 Å². The Labute approximate surface area is 183 Å². The molecule has 1 saturated heterocycles. The van der Waals surface area contributed by atoms with E-state index in [1.54, 1.807) is 49.4 Å². The van der Waals surface area contributed by atoms with Gasteiger partial charge in [0.2, 0.25) is 0 Å². The molecule has 0 atom stereocenters. The maximum atomic E-state index is 13.0. The summed E-state index contributed by atoms with van der Waals surface area (Å²) in [5.41, 5.74) is 1.12. The molecule has 1 N–H and O–H groups in total. The number of nitrogens with one attached hydrogen (secondary N) is 1. The van der Waals surface area contributed by atoms with Crippen LogP contribution in [-0.2, 0) is 7.05 Å². The first-order valence-corrected chi connectivity index (χ1v) is 10.8. The molecular formula is C23H32N4O4. The summed E-state index contributed by atoms with van der Waals surface area (Å²) in [5, 5.41) is 7.06. The fourth-order valence-corrected chi connectivity index (χ4v) is 3.54. The van der Waals surface area contributed by atoms with Gasteiger partial charge >= 0.3 is 0 Å².